The summed E-state index contributed by atoms with van der Waals surface area (Å²) in [5.41, 5.74) is 0. The summed E-state index contributed by atoms with van der Waals surface area (Å²) in [6, 6.07) is 2.12. The fourth-order valence-electron chi connectivity index (χ4n) is 3.64. The Bertz CT molecular complexity index is 630. The number of aryl methyl sites for hydroxylation is 1. The van der Waals surface area contributed by atoms with Gasteiger partial charge in [-0.1, -0.05) is 0 Å². The van der Waals surface area contributed by atoms with E-state index in [9.17, 15) is 4.79 Å². The first-order valence-corrected chi connectivity index (χ1v) is 9.43. The highest BCUT2D eigenvalue weighted by Crippen LogP contribution is 2.31. The molecule has 2 saturated heterocycles. The van der Waals surface area contributed by atoms with Gasteiger partial charge in [0.25, 0.3) is 0 Å². The second-order valence-electron chi connectivity index (χ2n) is 7.51. The van der Waals surface area contributed by atoms with Crippen LogP contribution in [0.3, 0.4) is 0 Å². The molecule has 0 spiro atoms. The maximum absolute atomic E-state index is 12.2. The summed E-state index contributed by atoms with van der Waals surface area (Å²) in [4.78, 5) is 30.6. The monoisotopic (exact) mass is 344 g/mol. The predicted molar refractivity (Wildman–Crippen MR) is 98.0 cm³/mol. The summed E-state index contributed by atoms with van der Waals surface area (Å²) in [6.45, 7) is 9.46. The van der Waals surface area contributed by atoms with Gasteiger partial charge in [0, 0.05) is 64.3 Å². The van der Waals surface area contributed by atoms with E-state index in [4.69, 9.17) is 0 Å². The zero-order valence-electron chi connectivity index (χ0n) is 15.3. The fraction of sp³-hybridized carbons (Fsp3) is 0.722. The van der Waals surface area contributed by atoms with Crippen LogP contribution < -0.4 is 9.80 Å². The van der Waals surface area contributed by atoms with Crippen LogP contribution in [0.25, 0.3) is 0 Å². The van der Waals surface area contributed by atoms with Crippen molar-refractivity contribution in [3.63, 3.8) is 0 Å². The molecule has 3 aliphatic rings. The minimum absolute atomic E-state index is 0.316. The quantitative estimate of drug-likeness (QED) is 0.800. The number of anilines is 2. The first kappa shape index (κ1) is 16.6. The lowest BCUT2D eigenvalue weighted by Crippen LogP contribution is -2.49. The van der Waals surface area contributed by atoms with E-state index in [-0.39, 0.29) is 0 Å². The second kappa shape index (κ2) is 6.78. The molecule has 1 saturated carbocycles. The highest BCUT2D eigenvalue weighted by Gasteiger charge is 2.34. The minimum atomic E-state index is 0.316. The highest BCUT2D eigenvalue weighted by atomic mass is 16.2. The van der Waals surface area contributed by atoms with Gasteiger partial charge in [0.1, 0.15) is 17.5 Å². The normalized spacial score (nSPS) is 22.4. The van der Waals surface area contributed by atoms with Gasteiger partial charge in [0.05, 0.1) is 0 Å². The smallest absolute Gasteiger partial charge is 0.225 e. The molecule has 3 fully saturated rings. The van der Waals surface area contributed by atoms with Gasteiger partial charge < -0.3 is 19.6 Å². The third kappa shape index (κ3) is 3.71. The maximum atomic E-state index is 12.2. The highest BCUT2D eigenvalue weighted by molar-refractivity contribution is 5.81. The third-order valence-electron chi connectivity index (χ3n) is 5.48. The van der Waals surface area contributed by atoms with Gasteiger partial charge in [-0.3, -0.25) is 4.79 Å². The zero-order valence-corrected chi connectivity index (χ0v) is 15.3. The van der Waals surface area contributed by atoms with Crippen molar-refractivity contribution in [2.75, 3.05) is 69.2 Å². The molecule has 4 rings (SSSR count). The Kier molecular flexibility index (Phi) is 4.50. The summed E-state index contributed by atoms with van der Waals surface area (Å²) in [6.07, 6.45) is 2.16. The van der Waals surface area contributed by atoms with Crippen LogP contribution in [0.1, 0.15) is 18.7 Å². The average Bonchev–Trinajstić information content (AvgIpc) is 3.46. The number of piperazine rings is 2. The number of hydrogen-bond acceptors (Lipinski definition) is 6. The fourth-order valence-corrected chi connectivity index (χ4v) is 3.64. The first-order valence-electron chi connectivity index (χ1n) is 9.43. The lowest BCUT2D eigenvalue weighted by molar-refractivity contribution is -0.132. The molecule has 3 heterocycles. The molecular formula is C18H28N6O. The minimum Gasteiger partial charge on any atom is -0.354 e. The van der Waals surface area contributed by atoms with Crippen molar-refractivity contribution in [2.45, 2.75) is 19.8 Å². The Morgan fingerprint density at radius 1 is 0.920 bits per heavy atom. The standard InChI is InChI=1S/C18H28N6O/c1-14-19-16(22-7-5-21(2)6-8-22)13-17(20-14)23-9-11-24(12-10-23)18(25)15-3-4-15/h13,15H,3-12H2,1-2H3. The Morgan fingerprint density at radius 3 is 1.96 bits per heavy atom. The number of carbonyl (C=O) groups excluding carboxylic acids is 1. The molecule has 1 aromatic rings. The molecule has 1 amide bonds. The number of amides is 1. The van der Waals surface area contributed by atoms with Crippen molar-refractivity contribution in [2.24, 2.45) is 5.92 Å². The van der Waals surface area contributed by atoms with Crippen LogP contribution >= 0.6 is 0 Å². The Balaban J connectivity index is 1.43. The van der Waals surface area contributed by atoms with Gasteiger partial charge in [-0.25, -0.2) is 9.97 Å². The molecule has 136 valence electrons. The molecule has 0 N–H and O–H groups in total. The molecule has 0 unspecified atom stereocenters. The van der Waals surface area contributed by atoms with Crippen molar-refractivity contribution in [3.05, 3.63) is 11.9 Å². The van der Waals surface area contributed by atoms with Gasteiger partial charge in [-0.05, 0) is 26.8 Å². The van der Waals surface area contributed by atoms with Gasteiger partial charge in [0.15, 0.2) is 0 Å². The van der Waals surface area contributed by atoms with E-state index in [1.54, 1.807) is 0 Å². The summed E-state index contributed by atoms with van der Waals surface area (Å²) in [7, 11) is 2.16. The number of hydrogen-bond donors (Lipinski definition) is 0. The Morgan fingerprint density at radius 2 is 1.44 bits per heavy atom. The molecule has 1 aromatic heterocycles. The van der Waals surface area contributed by atoms with Crippen molar-refractivity contribution in [3.8, 4) is 0 Å². The summed E-state index contributed by atoms with van der Waals surface area (Å²) in [5.74, 6) is 3.53. The van der Waals surface area contributed by atoms with Crippen LogP contribution in [-0.4, -0.2) is 85.1 Å². The van der Waals surface area contributed by atoms with Gasteiger partial charge in [-0.15, -0.1) is 0 Å². The van der Waals surface area contributed by atoms with E-state index in [0.717, 1.165) is 82.7 Å². The van der Waals surface area contributed by atoms with Crippen LogP contribution in [-0.2, 0) is 4.79 Å². The molecule has 7 nitrogen and oxygen atoms in total. The van der Waals surface area contributed by atoms with Gasteiger partial charge >= 0.3 is 0 Å². The van der Waals surface area contributed by atoms with E-state index in [1.165, 1.54) is 0 Å². The number of aromatic nitrogens is 2. The van der Waals surface area contributed by atoms with Crippen LogP contribution in [0.4, 0.5) is 11.6 Å². The molecule has 0 atom stereocenters. The van der Waals surface area contributed by atoms with Gasteiger partial charge in [-0.2, -0.15) is 0 Å². The molecular weight excluding hydrogens is 316 g/mol. The van der Waals surface area contributed by atoms with Crippen LogP contribution in [0.15, 0.2) is 6.07 Å². The molecule has 7 heteroatoms. The van der Waals surface area contributed by atoms with E-state index >= 15 is 0 Å². The SMILES string of the molecule is Cc1nc(N2CCN(C)CC2)cc(N2CCN(C(=O)C3CC3)CC2)n1. The van der Waals surface area contributed by atoms with E-state index < -0.39 is 0 Å². The number of carbonyl (C=O) groups is 1. The largest absolute Gasteiger partial charge is 0.354 e. The lowest BCUT2D eigenvalue weighted by Gasteiger charge is -2.37. The Labute approximate surface area is 149 Å². The molecule has 25 heavy (non-hydrogen) atoms. The lowest BCUT2D eigenvalue weighted by atomic mass is 10.2. The van der Waals surface area contributed by atoms with Crippen molar-refractivity contribution < 1.29 is 4.79 Å². The topological polar surface area (TPSA) is 55.8 Å². The first-order chi connectivity index (χ1) is 12.1. The third-order valence-corrected chi connectivity index (χ3v) is 5.48. The summed E-state index contributed by atoms with van der Waals surface area (Å²) < 4.78 is 0. The van der Waals surface area contributed by atoms with E-state index in [2.05, 4.69) is 37.8 Å². The number of rotatable bonds is 3. The maximum Gasteiger partial charge on any atom is 0.225 e. The van der Waals surface area contributed by atoms with Crippen LogP contribution in [0.2, 0.25) is 0 Å². The van der Waals surface area contributed by atoms with E-state index in [0.29, 0.717) is 11.8 Å². The summed E-state index contributed by atoms with van der Waals surface area (Å²) >= 11 is 0. The molecule has 1 aliphatic carbocycles. The number of nitrogens with zero attached hydrogens (tertiary/aromatic N) is 6. The molecule has 0 bridgehead atoms. The second-order valence-corrected chi connectivity index (χ2v) is 7.51. The molecule has 2 aliphatic heterocycles. The van der Waals surface area contributed by atoms with E-state index in [1.807, 2.05) is 11.8 Å². The van der Waals surface area contributed by atoms with Crippen molar-refractivity contribution >= 4 is 17.5 Å². The van der Waals surface area contributed by atoms with Crippen LogP contribution in [0.5, 0.6) is 0 Å². The molecule has 0 aromatic carbocycles. The zero-order chi connectivity index (χ0) is 17.4. The van der Waals surface area contributed by atoms with Crippen molar-refractivity contribution in [1.29, 1.82) is 0 Å². The Hall–Kier alpha value is -1.89. The number of likely N-dealkylation sites (N-methyl/N-ethyl adjacent to an activating group) is 1. The predicted octanol–water partition coefficient (Wildman–Crippen LogP) is 0.595. The summed E-state index contributed by atoms with van der Waals surface area (Å²) in [5, 5.41) is 0. The molecule has 0 radical (unpaired) electrons. The van der Waals surface area contributed by atoms with Crippen LogP contribution in [0, 0.1) is 12.8 Å². The van der Waals surface area contributed by atoms with Gasteiger partial charge in [0.2, 0.25) is 5.91 Å². The average molecular weight is 344 g/mol. The van der Waals surface area contributed by atoms with Crippen molar-refractivity contribution in [1.82, 2.24) is 19.8 Å².